The van der Waals surface area contributed by atoms with E-state index < -0.39 is 36.6 Å². The van der Waals surface area contributed by atoms with E-state index in [0.717, 1.165) is 9.58 Å². The molecule has 0 aliphatic heterocycles. The van der Waals surface area contributed by atoms with Crippen molar-refractivity contribution in [1.82, 2.24) is 9.78 Å². The number of nitrogens with one attached hydrogen (secondary N) is 1. The summed E-state index contributed by atoms with van der Waals surface area (Å²) >= 11 is 1.57. The van der Waals surface area contributed by atoms with Crippen LogP contribution in [0.15, 0.2) is 62.6 Å². The predicted octanol–water partition coefficient (Wildman–Crippen LogP) is 2.55. The normalized spacial score (nSPS) is 10.6. The van der Waals surface area contributed by atoms with Crippen LogP contribution < -0.4 is 11.1 Å². The van der Waals surface area contributed by atoms with Crippen molar-refractivity contribution in [1.29, 1.82) is 0 Å². The van der Waals surface area contributed by atoms with E-state index in [1.165, 1.54) is 24.3 Å². The maximum absolute atomic E-state index is 13.0. The molecule has 3 aromatic rings. The topological polar surface area (TPSA) is 103 Å². The van der Waals surface area contributed by atoms with Gasteiger partial charge in [0.05, 0.1) is 0 Å². The highest BCUT2D eigenvalue weighted by atomic mass is 32.2. The zero-order valence-electron chi connectivity index (χ0n) is 15.3. The summed E-state index contributed by atoms with van der Waals surface area (Å²) in [5.41, 5.74) is 0.947. The van der Waals surface area contributed by atoms with Crippen LogP contribution in [0.25, 0.3) is 11.5 Å². The summed E-state index contributed by atoms with van der Waals surface area (Å²) in [6.45, 7) is -1.04. The molecule has 1 aromatic heterocycles. The minimum atomic E-state index is -0.875. The molecular weight excluding hydrogens is 401 g/mol. The highest BCUT2D eigenvalue weighted by Crippen LogP contribution is 2.17. The Kier molecular flexibility index (Phi) is 6.45. The fourth-order valence-corrected chi connectivity index (χ4v) is 2.71. The Labute approximate surface area is 168 Å². The Bertz CT molecular complexity index is 1060. The average molecular weight is 417 g/mol. The lowest BCUT2D eigenvalue weighted by molar-refractivity contribution is -0.148. The van der Waals surface area contributed by atoms with Crippen LogP contribution in [-0.4, -0.2) is 34.5 Å². The number of anilines is 1. The fraction of sp³-hybridized carbons (Fsp3) is 0.158. The first kappa shape index (κ1) is 20.3. The monoisotopic (exact) mass is 417 g/mol. The predicted molar refractivity (Wildman–Crippen MR) is 104 cm³/mol. The number of aromatic nitrogens is 2. The van der Waals surface area contributed by atoms with Crippen molar-refractivity contribution >= 4 is 29.3 Å². The van der Waals surface area contributed by atoms with Gasteiger partial charge >= 0.3 is 11.7 Å². The van der Waals surface area contributed by atoms with E-state index in [1.807, 2.05) is 18.4 Å². The van der Waals surface area contributed by atoms with Crippen LogP contribution in [0.3, 0.4) is 0 Å². The lowest BCUT2D eigenvalue weighted by Gasteiger charge is -2.07. The number of carbonyl (C=O) groups is 2. The number of esters is 1. The van der Waals surface area contributed by atoms with Crippen molar-refractivity contribution in [2.75, 3.05) is 18.2 Å². The van der Waals surface area contributed by atoms with Gasteiger partial charge in [0.15, 0.2) is 6.61 Å². The minimum Gasteiger partial charge on any atom is -0.454 e. The third kappa shape index (κ3) is 5.55. The quantitative estimate of drug-likeness (QED) is 0.465. The summed E-state index contributed by atoms with van der Waals surface area (Å²) in [7, 11) is 0. The number of hydrogen-bond donors (Lipinski definition) is 1. The van der Waals surface area contributed by atoms with Crippen LogP contribution in [0.1, 0.15) is 0 Å². The molecule has 0 aliphatic rings. The van der Waals surface area contributed by atoms with Gasteiger partial charge in [0.2, 0.25) is 5.89 Å². The zero-order chi connectivity index (χ0) is 20.8. The Morgan fingerprint density at radius 3 is 2.52 bits per heavy atom. The smallest absolute Gasteiger partial charge is 0.437 e. The van der Waals surface area contributed by atoms with Crippen molar-refractivity contribution in [3.05, 3.63) is 64.9 Å². The molecule has 1 heterocycles. The van der Waals surface area contributed by atoms with Gasteiger partial charge in [-0.25, -0.2) is 9.18 Å². The largest absolute Gasteiger partial charge is 0.454 e. The van der Waals surface area contributed by atoms with Gasteiger partial charge in [0.25, 0.3) is 5.91 Å². The molecule has 29 heavy (non-hydrogen) atoms. The minimum absolute atomic E-state index is 0.0609. The molecule has 1 N–H and O–H groups in total. The van der Waals surface area contributed by atoms with Gasteiger partial charge < -0.3 is 14.5 Å². The average Bonchev–Trinajstić information content (AvgIpc) is 3.08. The van der Waals surface area contributed by atoms with Crippen LogP contribution in [0, 0.1) is 5.82 Å². The summed E-state index contributed by atoms with van der Waals surface area (Å²) in [6.07, 6.45) is 1.94. The van der Waals surface area contributed by atoms with E-state index in [-0.39, 0.29) is 5.89 Å². The summed E-state index contributed by atoms with van der Waals surface area (Å²) in [6, 6.07) is 12.3. The molecule has 1 amide bonds. The van der Waals surface area contributed by atoms with Crippen molar-refractivity contribution in [3.63, 3.8) is 0 Å². The van der Waals surface area contributed by atoms with Gasteiger partial charge in [0, 0.05) is 16.1 Å². The lowest BCUT2D eigenvalue weighted by Crippen LogP contribution is -2.26. The molecule has 0 atom stereocenters. The first-order valence-corrected chi connectivity index (χ1v) is 9.60. The number of thioether (sulfide) groups is 1. The molecule has 0 aliphatic carbocycles. The molecule has 150 valence electrons. The summed E-state index contributed by atoms with van der Waals surface area (Å²) in [4.78, 5) is 36.6. The van der Waals surface area contributed by atoms with E-state index in [9.17, 15) is 18.8 Å². The fourth-order valence-electron chi connectivity index (χ4n) is 2.30. The van der Waals surface area contributed by atoms with Crippen molar-refractivity contribution in [2.24, 2.45) is 0 Å². The van der Waals surface area contributed by atoms with Crippen LogP contribution in [-0.2, 0) is 20.9 Å². The highest BCUT2D eigenvalue weighted by Gasteiger charge is 2.15. The number of amides is 1. The van der Waals surface area contributed by atoms with Gasteiger partial charge in [-0.1, -0.05) is 0 Å². The van der Waals surface area contributed by atoms with Crippen LogP contribution in [0.4, 0.5) is 10.1 Å². The Morgan fingerprint density at radius 2 is 1.86 bits per heavy atom. The lowest BCUT2D eigenvalue weighted by atomic mass is 10.2. The number of nitrogens with zero attached hydrogens (tertiary/aromatic N) is 2. The molecule has 10 heteroatoms. The number of rotatable bonds is 7. The van der Waals surface area contributed by atoms with Gasteiger partial charge in [0.1, 0.15) is 12.4 Å². The number of benzene rings is 2. The number of carbonyl (C=O) groups excluding carboxylic acids is 2. The first-order chi connectivity index (χ1) is 13.9. The number of ether oxygens (including phenoxy) is 1. The highest BCUT2D eigenvalue weighted by molar-refractivity contribution is 7.98. The molecule has 0 saturated carbocycles. The van der Waals surface area contributed by atoms with Crippen LogP contribution in [0.5, 0.6) is 0 Å². The second-order valence-electron chi connectivity index (χ2n) is 5.78. The molecule has 3 rings (SSSR count). The maximum atomic E-state index is 13.0. The van der Waals surface area contributed by atoms with Crippen LogP contribution in [0.2, 0.25) is 0 Å². The van der Waals surface area contributed by atoms with E-state index in [1.54, 1.807) is 23.9 Å². The second kappa shape index (κ2) is 9.20. The summed E-state index contributed by atoms with van der Waals surface area (Å²) in [5, 5.41) is 6.47. The SMILES string of the molecule is CSc1ccc(NC(=O)COC(=O)Cn2nc(-c3ccc(F)cc3)oc2=O)cc1. The Hall–Kier alpha value is -3.40. The van der Waals surface area contributed by atoms with Gasteiger partial charge in [-0.2, -0.15) is 4.68 Å². The molecule has 0 fully saturated rings. The summed E-state index contributed by atoms with van der Waals surface area (Å²) < 4.78 is 23.5. The first-order valence-electron chi connectivity index (χ1n) is 8.38. The van der Waals surface area contributed by atoms with E-state index in [0.29, 0.717) is 11.3 Å². The molecule has 2 aromatic carbocycles. The van der Waals surface area contributed by atoms with Gasteiger partial charge in [-0.05, 0) is 54.8 Å². The van der Waals surface area contributed by atoms with E-state index in [2.05, 4.69) is 10.4 Å². The Morgan fingerprint density at radius 1 is 1.17 bits per heavy atom. The van der Waals surface area contributed by atoms with Gasteiger partial charge in [-0.15, -0.1) is 16.9 Å². The molecule has 0 bridgehead atoms. The molecule has 0 radical (unpaired) electrons. The van der Waals surface area contributed by atoms with Gasteiger partial charge in [-0.3, -0.25) is 9.59 Å². The third-order valence-electron chi connectivity index (χ3n) is 3.71. The molecular formula is C19H16FN3O5S. The van der Waals surface area contributed by atoms with Crippen molar-refractivity contribution < 1.29 is 23.1 Å². The van der Waals surface area contributed by atoms with E-state index in [4.69, 9.17) is 9.15 Å². The second-order valence-corrected chi connectivity index (χ2v) is 6.65. The maximum Gasteiger partial charge on any atom is 0.437 e. The number of halogens is 1. The van der Waals surface area contributed by atoms with Crippen LogP contribution >= 0.6 is 11.8 Å². The number of hydrogen-bond acceptors (Lipinski definition) is 7. The molecule has 0 unspecified atom stereocenters. The zero-order valence-corrected chi connectivity index (χ0v) is 16.1. The standard InChI is InChI=1S/C19H16FN3O5S/c1-29-15-8-6-14(7-9-15)21-16(24)11-27-17(25)10-23-19(26)28-18(22-23)12-2-4-13(20)5-3-12/h2-9H,10-11H2,1H3,(H,21,24). The van der Waals surface area contributed by atoms with Crippen molar-refractivity contribution in [3.8, 4) is 11.5 Å². The van der Waals surface area contributed by atoms with Crippen molar-refractivity contribution in [2.45, 2.75) is 11.4 Å². The Balaban J connectivity index is 1.53. The molecule has 0 spiro atoms. The summed E-state index contributed by atoms with van der Waals surface area (Å²) in [5.74, 6) is -2.74. The third-order valence-corrected chi connectivity index (χ3v) is 4.46. The van der Waals surface area contributed by atoms with E-state index >= 15 is 0 Å². The molecule has 0 saturated heterocycles. The molecule has 8 nitrogen and oxygen atoms in total.